The highest BCUT2D eigenvalue weighted by molar-refractivity contribution is 5.84. The van der Waals surface area contributed by atoms with Gasteiger partial charge in [0, 0.05) is 25.4 Å². The van der Waals surface area contributed by atoms with Crippen molar-refractivity contribution in [3.63, 3.8) is 0 Å². The van der Waals surface area contributed by atoms with Gasteiger partial charge in [0.25, 0.3) is 0 Å². The molecule has 15 heavy (non-hydrogen) atoms. The molecule has 84 valence electrons. The Labute approximate surface area is 90.0 Å². The maximum Gasteiger partial charge on any atom is 0.237 e. The molecule has 0 aromatic carbocycles. The standard InChI is InChI=1S/C11H18N2O2/c1-8-11(15)12-9-6-10(14)4-2-3-5-13(8)7-9/h8-9H,2-7H2,1H3,(H,12,15)/t8-,9-/m0/s1. The number of hydrogen-bond acceptors (Lipinski definition) is 3. The third-order valence-electron chi connectivity index (χ3n) is 3.35. The number of carbonyl (C=O) groups excluding carboxylic acids is 2. The number of amides is 1. The zero-order valence-electron chi connectivity index (χ0n) is 9.16. The number of fused-ring (bicyclic) bond motifs is 2. The largest absolute Gasteiger partial charge is 0.350 e. The van der Waals surface area contributed by atoms with E-state index in [1.54, 1.807) is 0 Å². The van der Waals surface area contributed by atoms with Gasteiger partial charge >= 0.3 is 0 Å². The minimum absolute atomic E-state index is 0.0329. The van der Waals surface area contributed by atoms with Crippen LogP contribution in [-0.2, 0) is 9.59 Å². The molecule has 2 saturated heterocycles. The first kappa shape index (κ1) is 10.6. The van der Waals surface area contributed by atoms with E-state index < -0.39 is 0 Å². The molecule has 4 heteroatoms. The summed E-state index contributed by atoms with van der Waals surface area (Å²) in [5, 5.41) is 2.92. The molecule has 1 amide bonds. The second-order valence-electron chi connectivity index (χ2n) is 4.58. The number of nitrogens with zero attached hydrogens (tertiary/aromatic N) is 1. The molecule has 0 spiro atoms. The van der Waals surface area contributed by atoms with Gasteiger partial charge in [0.05, 0.1) is 6.04 Å². The van der Waals surface area contributed by atoms with Crippen molar-refractivity contribution in [1.82, 2.24) is 10.2 Å². The fraction of sp³-hybridized carbons (Fsp3) is 0.818. The second kappa shape index (κ2) is 4.31. The monoisotopic (exact) mass is 210 g/mol. The molecule has 0 aromatic heterocycles. The highest BCUT2D eigenvalue weighted by Crippen LogP contribution is 2.15. The van der Waals surface area contributed by atoms with Crippen molar-refractivity contribution in [1.29, 1.82) is 0 Å². The molecule has 2 rings (SSSR count). The lowest BCUT2D eigenvalue weighted by molar-refractivity contribution is -0.130. The van der Waals surface area contributed by atoms with E-state index >= 15 is 0 Å². The zero-order valence-corrected chi connectivity index (χ0v) is 9.16. The van der Waals surface area contributed by atoms with Gasteiger partial charge in [-0.3, -0.25) is 14.5 Å². The van der Waals surface area contributed by atoms with Crippen LogP contribution in [0.25, 0.3) is 0 Å². The summed E-state index contributed by atoms with van der Waals surface area (Å²) in [6, 6.07) is 0.00810. The fourth-order valence-corrected chi connectivity index (χ4v) is 2.39. The molecular formula is C11H18N2O2. The molecule has 1 unspecified atom stereocenters. The summed E-state index contributed by atoms with van der Waals surface area (Å²) in [6.07, 6.45) is 3.17. The van der Waals surface area contributed by atoms with Gasteiger partial charge in [-0.05, 0) is 26.3 Å². The van der Waals surface area contributed by atoms with Crippen LogP contribution in [0.3, 0.4) is 0 Å². The Morgan fingerprint density at radius 1 is 1.33 bits per heavy atom. The second-order valence-corrected chi connectivity index (χ2v) is 4.58. The minimum Gasteiger partial charge on any atom is -0.350 e. The predicted octanol–water partition coefficient (Wildman–Crippen LogP) is 0.318. The van der Waals surface area contributed by atoms with Crippen molar-refractivity contribution < 1.29 is 9.59 Å². The number of rotatable bonds is 0. The summed E-state index contributed by atoms with van der Waals surface area (Å²) in [4.78, 5) is 25.3. The highest BCUT2D eigenvalue weighted by Gasteiger charge is 2.32. The molecule has 2 aliphatic heterocycles. The smallest absolute Gasteiger partial charge is 0.237 e. The molecule has 0 radical (unpaired) electrons. The van der Waals surface area contributed by atoms with E-state index in [1.807, 2.05) is 6.92 Å². The molecule has 2 fully saturated rings. The number of ketones is 1. The summed E-state index contributed by atoms with van der Waals surface area (Å²) in [5.41, 5.74) is 0. The van der Waals surface area contributed by atoms with Crippen molar-refractivity contribution in [3.8, 4) is 0 Å². The van der Waals surface area contributed by atoms with Gasteiger partial charge in [-0.2, -0.15) is 0 Å². The Hall–Kier alpha value is -0.900. The summed E-state index contributed by atoms with van der Waals surface area (Å²) in [5.74, 6) is 0.359. The van der Waals surface area contributed by atoms with Crippen molar-refractivity contribution in [2.45, 2.75) is 44.7 Å². The first-order chi connectivity index (χ1) is 7.16. The number of nitrogens with one attached hydrogen (secondary N) is 1. The SMILES string of the molecule is C[C@H]1C(=O)N[C@H]2CC(=O)CCCCN1C2. The first-order valence-corrected chi connectivity index (χ1v) is 5.73. The van der Waals surface area contributed by atoms with E-state index in [2.05, 4.69) is 10.2 Å². The Bertz CT molecular complexity index is 278. The molecule has 1 N–H and O–H groups in total. The molecule has 0 aliphatic carbocycles. The van der Waals surface area contributed by atoms with Gasteiger partial charge < -0.3 is 5.32 Å². The summed E-state index contributed by atoms with van der Waals surface area (Å²) < 4.78 is 0. The van der Waals surface area contributed by atoms with Crippen LogP contribution in [0.5, 0.6) is 0 Å². The molecule has 2 aliphatic rings. The molecule has 4 nitrogen and oxygen atoms in total. The Kier molecular flexibility index (Phi) is 3.05. The molecule has 0 aromatic rings. The Morgan fingerprint density at radius 3 is 2.93 bits per heavy atom. The number of hydrogen-bond donors (Lipinski definition) is 1. The topological polar surface area (TPSA) is 49.4 Å². The quantitative estimate of drug-likeness (QED) is 0.626. The normalized spacial score (nSPS) is 37.5. The molecular weight excluding hydrogens is 192 g/mol. The first-order valence-electron chi connectivity index (χ1n) is 5.73. The van der Waals surface area contributed by atoms with Crippen LogP contribution in [0.1, 0.15) is 32.6 Å². The fourth-order valence-electron chi connectivity index (χ4n) is 2.39. The van der Waals surface area contributed by atoms with Gasteiger partial charge in [0.15, 0.2) is 0 Å². The average molecular weight is 210 g/mol. The third-order valence-corrected chi connectivity index (χ3v) is 3.35. The zero-order chi connectivity index (χ0) is 10.8. The minimum atomic E-state index is -0.0329. The van der Waals surface area contributed by atoms with Crippen molar-refractivity contribution in [2.75, 3.05) is 13.1 Å². The lowest BCUT2D eigenvalue weighted by Gasteiger charge is -2.37. The van der Waals surface area contributed by atoms with Gasteiger partial charge in [-0.25, -0.2) is 0 Å². The van der Waals surface area contributed by atoms with Gasteiger partial charge in [-0.15, -0.1) is 0 Å². The molecule has 0 saturated carbocycles. The van der Waals surface area contributed by atoms with Crippen LogP contribution in [-0.4, -0.2) is 41.8 Å². The number of Topliss-reactive ketones (excluding diaryl/α,β-unsaturated/α-hetero) is 1. The lowest BCUT2D eigenvalue weighted by atomic mass is 10.0. The van der Waals surface area contributed by atoms with Crippen LogP contribution < -0.4 is 5.32 Å². The molecule has 2 heterocycles. The lowest BCUT2D eigenvalue weighted by Crippen LogP contribution is -2.59. The third kappa shape index (κ3) is 2.37. The van der Waals surface area contributed by atoms with E-state index in [0.29, 0.717) is 12.8 Å². The Balaban J connectivity index is 2.10. The van der Waals surface area contributed by atoms with E-state index in [9.17, 15) is 9.59 Å². The van der Waals surface area contributed by atoms with E-state index in [-0.39, 0.29) is 23.8 Å². The Morgan fingerprint density at radius 2 is 2.13 bits per heavy atom. The summed E-state index contributed by atoms with van der Waals surface area (Å²) in [7, 11) is 0. The maximum absolute atomic E-state index is 11.6. The van der Waals surface area contributed by atoms with Crippen LogP contribution >= 0.6 is 0 Å². The van der Waals surface area contributed by atoms with Crippen molar-refractivity contribution >= 4 is 11.7 Å². The maximum atomic E-state index is 11.6. The predicted molar refractivity (Wildman–Crippen MR) is 56.4 cm³/mol. The van der Waals surface area contributed by atoms with Crippen molar-refractivity contribution in [3.05, 3.63) is 0 Å². The van der Waals surface area contributed by atoms with E-state index in [4.69, 9.17) is 0 Å². The van der Waals surface area contributed by atoms with Gasteiger partial charge in [-0.1, -0.05) is 0 Å². The van der Waals surface area contributed by atoms with Crippen LogP contribution in [0.15, 0.2) is 0 Å². The summed E-state index contributed by atoms with van der Waals surface area (Å²) in [6.45, 7) is 3.71. The molecule has 3 atom stereocenters. The van der Waals surface area contributed by atoms with Crippen molar-refractivity contribution in [2.24, 2.45) is 0 Å². The number of carbonyl (C=O) groups is 2. The van der Waals surface area contributed by atoms with Crippen LogP contribution in [0, 0.1) is 0 Å². The van der Waals surface area contributed by atoms with Gasteiger partial charge in [0.1, 0.15) is 5.78 Å². The van der Waals surface area contributed by atoms with Crippen LogP contribution in [0.4, 0.5) is 0 Å². The van der Waals surface area contributed by atoms with E-state index in [0.717, 1.165) is 25.9 Å². The summed E-state index contributed by atoms with van der Waals surface area (Å²) >= 11 is 0. The number of piperazine rings is 1. The van der Waals surface area contributed by atoms with Crippen LogP contribution in [0.2, 0.25) is 0 Å². The average Bonchev–Trinajstić information content (AvgIpc) is 2.25. The molecule has 2 bridgehead atoms. The van der Waals surface area contributed by atoms with Gasteiger partial charge in [0.2, 0.25) is 5.91 Å². The highest BCUT2D eigenvalue weighted by atomic mass is 16.2. The van der Waals surface area contributed by atoms with E-state index in [1.165, 1.54) is 0 Å².